The van der Waals surface area contributed by atoms with Gasteiger partial charge >= 0.3 is 5.69 Å². The van der Waals surface area contributed by atoms with Crippen LogP contribution in [0, 0.1) is 10.1 Å². The predicted octanol–water partition coefficient (Wildman–Crippen LogP) is 0.793. The standard InChI is InChI=1S/C7H7NO4/c9-4-5-1-2-6(8(11)12)7(10)3-5/h1-3,9-10H,4H2. The van der Waals surface area contributed by atoms with E-state index in [2.05, 4.69) is 0 Å². The van der Waals surface area contributed by atoms with Gasteiger partial charge in [0.25, 0.3) is 0 Å². The van der Waals surface area contributed by atoms with Crippen LogP contribution in [-0.2, 0) is 6.61 Å². The maximum atomic E-state index is 10.2. The van der Waals surface area contributed by atoms with E-state index in [0.29, 0.717) is 5.56 Å². The Balaban J connectivity index is 3.12. The van der Waals surface area contributed by atoms with Crippen molar-refractivity contribution in [1.29, 1.82) is 0 Å². The predicted molar refractivity (Wildman–Crippen MR) is 40.7 cm³/mol. The highest BCUT2D eigenvalue weighted by molar-refractivity contribution is 5.47. The van der Waals surface area contributed by atoms with E-state index in [-0.39, 0.29) is 12.3 Å². The molecule has 0 aliphatic heterocycles. The summed E-state index contributed by atoms with van der Waals surface area (Å²) in [5.74, 6) is -0.424. The normalized spacial score (nSPS) is 9.75. The fraction of sp³-hybridized carbons (Fsp3) is 0.143. The van der Waals surface area contributed by atoms with Crippen LogP contribution < -0.4 is 0 Å². The third-order valence-electron chi connectivity index (χ3n) is 1.42. The minimum Gasteiger partial charge on any atom is -0.502 e. The number of nitro groups is 1. The number of aliphatic hydroxyl groups is 1. The van der Waals surface area contributed by atoms with Gasteiger partial charge in [-0.05, 0) is 17.7 Å². The van der Waals surface area contributed by atoms with Crippen LogP contribution in [-0.4, -0.2) is 15.1 Å². The van der Waals surface area contributed by atoms with Crippen LogP contribution in [0.25, 0.3) is 0 Å². The highest BCUT2D eigenvalue weighted by Gasteiger charge is 2.11. The first kappa shape index (κ1) is 8.48. The van der Waals surface area contributed by atoms with E-state index in [4.69, 9.17) is 10.2 Å². The molecular formula is C7H7NO4. The van der Waals surface area contributed by atoms with Crippen molar-refractivity contribution < 1.29 is 15.1 Å². The quantitative estimate of drug-likeness (QED) is 0.506. The summed E-state index contributed by atoms with van der Waals surface area (Å²) in [5, 5.41) is 27.9. The van der Waals surface area contributed by atoms with Crippen LogP contribution in [0.1, 0.15) is 5.56 Å². The molecule has 0 amide bonds. The minimum atomic E-state index is -0.684. The van der Waals surface area contributed by atoms with Crippen LogP contribution in [0.3, 0.4) is 0 Å². The summed E-state index contributed by atoms with van der Waals surface area (Å²) in [5.41, 5.74) is 0.0882. The Morgan fingerprint density at radius 1 is 1.50 bits per heavy atom. The largest absolute Gasteiger partial charge is 0.502 e. The molecule has 0 saturated heterocycles. The summed E-state index contributed by atoms with van der Waals surface area (Å²) in [6, 6.07) is 3.71. The van der Waals surface area contributed by atoms with Crippen molar-refractivity contribution in [1.82, 2.24) is 0 Å². The zero-order valence-corrected chi connectivity index (χ0v) is 6.10. The number of hydrogen-bond donors (Lipinski definition) is 2. The topological polar surface area (TPSA) is 83.6 Å². The molecule has 0 heterocycles. The average Bonchev–Trinajstić information content (AvgIpc) is 2.03. The van der Waals surface area contributed by atoms with Crippen molar-refractivity contribution in [3.8, 4) is 5.75 Å². The molecule has 0 aliphatic rings. The molecule has 0 spiro atoms. The maximum Gasteiger partial charge on any atom is 0.310 e. The molecule has 64 valence electrons. The molecule has 5 heteroatoms. The zero-order chi connectivity index (χ0) is 9.14. The van der Waals surface area contributed by atoms with Crippen molar-refractivity contribution in [2.75, 3.05) is 0 Å². The molecule has 5 nitrogen and oxygen atoms in total. The number of nitro benzene ring substituents is 1. The molecule has 0 atom stereocenters. The highest BCUT2D eigenvalue weighted by Crippen LogP contribution is 2.25. The van der Waals surface area contributed by atoms with Gasteiger partial charge in [-0.15, -0.1) is 0 Å². The molecule has 12 heavy (non-hydrogen) atoms. The van der Waals surface area contributed by atoms with Gasteiger partial charge in [0.2, 0.25) is 0 Å². The van der Waals surface area contributed by atoms with Crippen molar-refractivity contribution in [3.63, 3.8) is 0 Å². The third kappa shape index (κ3) is 1.51. The highest BCUT2D eigenvalue weighted by atomic mass is 16.6. The Labute approximate surface area is 68.0 Å². The second-order valence-electron chi connectivity index (χ2n) is 2.24. The first-order valence-corrected chi connectivity index (χ1v) is 3.22. The molecule has 0 aromatic heterocycles. The van der Waals surface area contributed by atoms with E-state index in [1.807, 2.05) is 0 Å². The number of hydrogen-bond acceptors (Lipinski definition) is 4. The zero-order valence-electron chi connectivity index (χ0n) is 6.10. The van der Waals surface area contributed by atoms with Gasteiger partial charge in [-0.2, -0.15) is 0 Å². The number of rotatable bonds is 2. The molecular weight excluding hydrogens is 162 g/mol. The van der Waals surface area contributed by atoms with E-state index < -0.39 is 10.7 Å². The van der Waals surface area contributed by atoms with Crippen LogP contribution in [0.4, 0.5) is 5.69 Å². The summed E-state index contributed by atoms with van der Waals surface area (Å²) >= 11 is 0. The van der Waals surface area contributed by atoms with Crippen molar-refractivity contribution in [3.05, 3.63) is 33.9 Å². The van der Waals surface area contributed by atoms with E-state index in [1.54, 1.807) is 0 Å². The van der Waals surface area contributed by atoms with Crippen LogP contribution >= 0.6 is 0 Å². The smallest absolute Gasteiger partial charge is 0.310 e. The van der Waals surface area contributed by atoms with Gasteiger partial charge in [0.05, 0.1) is 11.5 Å². The lowest BCUT2D eigenvalue weighted by atomic mass is 10.2. The van der Waals surface area contributed by atoms with E-state index in [9.17, 15) is 10.1 Å². The first-order chi connectivity index (χ1) is 5.65. The van der Waals surface area contributed by atoms with Gasteiger partial charge in [0, 0.05) is 6.07 Å². The Hall–Kier alpha value is -1.62. The van der Waals surface area contributed by atoms with Gasteiger partial charge in [-0.3, -0.25) is 10.1 Å². The molecule has 0 aliphatic carbocycles. The van der Waals surface area contributed by atoms with Crippen molar-refractivity contribution in [2.45, 2.75) is 6.61 Å². The van der Waals surface area contributed by atoms with E-state index in [0.717, 1.165) is 12.1 Å². The lowest BCUT2D eigenvalue weighted by Gasteiger charge is -1.97. The summed E-state index contributed by atoms with van der Waals surface area (Å²) in [6.07, 6.45) is 0. The fourth-order valence-corrected chi connectivity index (χ4v) is 0.822. The Kier molecular flexibility index (Phi) is 2.25. The fourth-order valence-electron chi connectivity index (χ4n) is 0.822. The lowest BCUT2D eigenvalue weighted by molar-refractivity contribution is -0.385. The Bertz CT molecular complexity index is 310. The van der Waals surface area contributed by atoms with Gasteiger partial charge in [-0.1, -0.05) is 0 Å². The third-order valence-corrected chi connectivity index (χ3v) is 1.42. The lowest BCUT2D eigenvalue weighted by Crippen LogP contribution is -1.90. The number of nitrogens with zero attached hydrogens (tertiary/aromatic N) is 1. The second-order valence-corrected chi connectivity index (χ2v) is 2.24. The van der Waals surface area contributed by atoms with Crippen molar-refractivity contribution >= 4 is 5.69 Å². The maximum absolute atomic E-state index is 10.2. The van der Waals surface area contributed by atoms with E-state index >= 15 is 0 Å². The molecule has 0 unspecified atom stereocenters. The number of benzene rings is 1. The van der Waals surface area contributed by atoms with E-state index in [1.165, 1.54) is 6.07 Å². The van der Waals surface area contributed by atoms with Gasteiger partial charge < -0.3 is 10.2 Å². The Morgan fingerprint density at radius 3 is 2.58 bits per heavy atom. The molecule has 1 aromatic carbocycles. The summed E-state index contributed by atoms with van der Waals surface area (Å²) < 4.78 is 0. The van der Waals surface area contributed by atoms with Crippen LogP contribution in [0.15, 0.2) is 18.2 Å². The SMILES string of the molecule is O=[N+]([O-])c1ccc(CO)cc1O. The number of phenols is 1. The number of aromatic hydroxyl groups is 1. The minimum absolute atomic E-state index is 0.244. The van der Waals surface area contributed by atoms with Crippen LogP contribution in [0.5, 0.6) is 5.75 Å². The average molecular weight is 169 g/mol. The molecule has 0 bridgehead atoms. The molecule has 0 saturated carbocycles. The number of phenolic OH excluding ortho intramolecular Hbond substituents is 1. The summed E-state index contributed by atoms with van der Waals surface area (Å²) in [6.45, 7) is -0.244. The second kappa shape index (κ2) is 3.19. The van der Waals surface area contributed by atoms with Gasteiger partial charge in [-0.25, -0.2) is 0 Å². The molecule has 2 N–H and O–H groups in total. The van der Waals surface area contributed by atoms with Gasteiger partial charge in [0.1, 0.15) is 0 Å². The molecule has 1 rings (SSSR count). The number of aliphatic hydroxyl groups excluding tert-OH is 1. The molecule has 0 radical (unpaired) electrons. The van der Waals surface area contributed by atoms with Crippen LogP contribution in [0.2, 0.25) is 0 Å². The molecule has 1 aromatic rings. The Morgan fingerprint density at radius 2 is 2.17 bits per heavy atom. The monoisotopic (exact) mass is 169 g/mol. The van der Waals surface area contributed by atoms with Crippen molar-refractivity contribution in [2.24, 2.45) is 0 Å². The first-order valence-electron chi connectivity index (χ1n) is 3.22. The summed E-state index contributed by atoms with van der Waals surface area (Å²) in [4.78, 5) is 9.52. The van der Waals surface area contributed by atoms with Gasteiger partial charge in [0.15, 0.2) is 5.75 Å². The summed E-state index contributed by atoms with van der Waals surface area (Å²) in [7, 11) is 0. The molecule has 0 fully saturated rings.